The van der Waals surface area contributed by atoms with Crippen LogP contribution in [0.5, 0.6) is 0 Å². The van der Waals surface area contributed by atoms with E-state index in [0.29, 0.717) is 10.6 Å². The van der Waals surface area contributed by atoms with Gasteiger partial charge in [0.15, 0.2) is 0 Å². The van der Waals surface area contributed by atoms with Gasteiger partial charge >= 0.3 is 29.6 Å². The van der Waals surface area contributed by atoms with Gasteiger partial charge in [-0.2, -0.15) is 8.42 Å². The van der Waals surface area contributed by atoms with Crippen molar-refractivity contribution in [3.63, 3.8) is 0 Å². The first-order valence-corrected chi connectivity index (χ1v) is 8.35. The van der Waals surface area contributed by atoms with Crippen LogP contribution < -0.4 is 40.2 Å². The van der Waals surface area contributed by atoms with Gasteiger partial charge in [0.05, 0.1) is 0 Å². The molecule has 0 aliphatic carbocycles. The summed E-state index contributed by atoms with van der Waals surface area (Å²) in [5.74, 6) is 0. The van der Waals surface area contributed by atoms with Crippen LogP contribution in [-0.4, -0.2) is 13.0 Å². The number of hydrogen-bond acceptors (Lipinski definition) is 2. The van der Waals surface area contributed by atoms with E-state index in [9.17, 15) is 13.0 Å². The van der Waals surface area contributed by atoms with Crippen molar-refractivity contribution in [2.45, 2.75) is 0 Å². The minimum Gasteiger partial charge on any atom is -1.00 e. The first-order valence-electron chi connectivity index (χ1n) is 4.97. The van der Waals surface area contributed by atoms with Gasteiger partial charge in [-0.05, 0) is 10.6 Å². The Morgan fingerprint density at radius 2 is 1.17 bits per heavy atom. The molecule has 2 rings (SSSR count). The summed E-state index contributed by atoms with van der Waals surface area (Å²) in [6.45, 7) is 0. The molecule has 2 aromatic rings. The molecule has 6 heteroatoms. The van der Waals surface area contributed by atoms with Gasteiger partial charge in [-0.3, -0.25) is 4.55 Å². The maximum Gasteiger partial charge on any atom is 1.00 e. The van der Waals surface area contributed by atoms with E-state index in [1.165, 1.54) is 0 Å². The third-order valence-corrected chi connectivity index (χ3v) is 6.86. The van der Waals surface area contributed by atoms with E-state index in [2.05, 4.69) is 0 Å². The van der Waals surface area contributed by atoms with Gasteiger partial charge in [-0.1, -0.05) is 60.7 Å². The molecule has 90 valence electrons. The van der Waals surface area contributed by atoms with Gasteiger partial charge in [0.25, 0.3) is 9.74 Å². The molecule has 0 saturated heterocycles. The first-order chi connectivity index (χ1) is 8.09. The maximum absolute atomic E-state index is 11.5. The second kappa shape index (κ2) is 6.80. The van der Waals surface area contributed by atoms with Crippen molar-refractivity contribution in [3.05, 3.63) is 60.7 Å². The summed E-state index contributed by atoms with van der Waals surface area (Å²) in [6, 6.07) is 17.5. The molecule has 0 saturated carbocycles. The Hall–Kier alpha value is -0.220. The van der Waals surface area contributed by atoms with E-state index in [4.69, 9.17) is 0 Å². The molecule has 18 heavy (non-hydrogen) atoms. The molecule has 0 radical (unpaired) electrons. The maximum atomic E-state index is 11.5. The fourth-order valence-corrected chi connectivity index (χ4v) is 5.59. The molecule has 0 aliphatic rings. The average Bonchev–Trinajstić information content (AvgIpc) is 2.30. The Balaban J connectivity index is 0.00000162. The van der Waals surface area contributed by atoms with Crippen molar-refractivity contribution in [2.24, 2.45) is 0 Å². The number of rotatable bonds is 3. The summed E-state index contributed by atoms with van der Waals surface area (Å²) in [5.41, 5.74) is 0. The normalized spacial score (nSPS) is 11.0. The fraction of sp³-hybridized carbons (Fsp3) is 0. The van der Waals surface area contributed by atoms with Crippen LogP contribution in [0.3, 0.4) is 0 Å². The average molecular weight is 290 g/mol. The quantitative estimate of drug-likeness (QED) is 0.450. The molecule has 0 aliphatic heterocycles. The van der Waals surface area contributed by atoms with E-state index in [1.807, 2.05) is 12.1 Å². The summed E-state index contributed by atoms with van der Waals surface area (Å²) >= 11 is 0. The monoisotopic (exact) mass is 290 g/mol. The SMILES string of the molecule is O=S(=O)(O)P(c1ccccc1)c1ccccc1.[H-].[Na+]. The molecule has 0 fully saturated rings. The Bertz CT molecular complexity index is 553. The van der Waals surface area contributed by atoms with E-state index in [0.717, 1.165) is 0 Å². The summed E-state index contributed by atoms with van der Waals surface area (Å²) in [4.78, 5) is 0. The molecule has 0 atom stereocenters. The van der Waals surface area contributed by atoms with Gasteiger partial charge in [0.2, 0.25) is 0 Å². The van der Waals surface area contributed by atoms with Crippen molar-refractivity contribution >= 4 is 27.5 Å². The second-order valence-corrected chi connectivity index (χ2v) is 8.41. The van der Waals surface area contributed by atoms with Crippen molar-refractivity contribution in [2.75, 3.05) is 0 Å². The minimum atomic E-state index is -4.11. The predicted molar refractivity (Wildman–Crippen MR) is 71.7 cm³/mol. The van der Waals surface area contributed by atoms with Crippen LogP contribution >= 0.6 is 7.12 Å². The first kappa shape index (κ1) is 15.8. The third kappa shape index (κ3) is 3.89. The molecule has 1 N–H and O–H groups in total. The zero-order valence-corrected chi connectivity index (χ0v) is 13.6. The zero-order valence-electron chi connectivity index (χ0n) is 10.9. The standard InChI is InChI=1S/C12H11O3PS.Na.H/c13-17(14,15)16(11-7-3-1-4-8-11)12-9-5-2-6-10-12;;/h1-10H,(H,13,14,15);;/q;+1;-1. The van der Waals surface area contributed by atoms with Crippen molar-refractivity contribution in [3.8, 4) is 0 Å². The zero-order chi connectivity index (χ0) is 12.3. The van der Waals surface area contributed by atoms with E-state index < -0.39 is 16.9 Å². The van der Waals surface area contributed by atoms with Crippen molar-refractivity contribution in [1.29, 1.82) is 0 Å². The molecule has 0 amide bonds. The van der Waals surface area contributed by atoms with Crippen LogP contribution in [0.2, 0.25) is 0 Å². The molecule has 0 unspecified atom stereocenters. The van der Waals surface area contributed by atoms with Crippen LogP contribution in [0.1, 0.15) is 1.43 Å². The number of benzene rings is 2. The van der Waals surface area contributed by atoms with Crippen LogP contribution in [-0.2, 0) is 9.74 Å². The summed E-state index contributed by atoms with van der Waals surface area (Å²) < 4.78 is 32.4. The Morgan fingerprint density at radius 1 is 0.833 bits per heavy atom. The molecule has 3 nitrogen and oxygen atoms in total. The minimum absolute atomic E-state index is 0. The van der Waals surface area contributed by atoms with E-state index >= 15 is 0 Å². The molecular weight excluding hydrogens is 278 g/mol. The summed E-state index contributed by atoms with van der Waals surface area (Å²) in [7, 11) is -5.87. The molecule has 0 heterocycles. The van der Waals surface area contributed by atoms with Gasteiger partial charge in [-0.15, -0.1) is 0 Å². The Kier molecular flexibility index (Phi) is 5.99. The summed E-state index contributed by atoms with van der Waals surface area (Å²) in [5, 5.41) is 1.24. The summed E-state index contributed by atoms with van der Waals surface area (Å²) in [6.07, 6.45) is 0. The van der Waals surface area contributed by atoms with Crippen LogP contribution in [0.4, 0.5) is 0 Å². The van der Waals surface area contributed by atoms with E-state index in [1.54, 1.807) is 48.5 Å². The molecular formula is C12H12NaO3PS. The number of hydrogen-bond donors (Lipinski definition) is 1. The van der Waals surface area contributed by atoms with Crippen LogP contribution in [0, 0.1) is 0 Å². The van der Waals surface area contributed by atoms with Gasteiger partial charge in [0, 0.05) is 0 Å². The Morgan fingerprint density at radius 3 is 1.44 bits per heavy atom. The van der Waals surface area contributed by atoms with Gasteiger partial charge in [0.1, 0.15) is 7.12 Å². The second-order valence-electron chi connectivity index (χ2n) is 3.41. The topological polar surface area (TPSA) is 54.4 Å². The van der Waals surface area contributed by atoms with Crippen LogP contribution in [0.25, 0.3) is 0 Å². The molecule has 2 aromatic carbocycles. The predicted octanol–water partition coefficient (Wildman–Crippen LogP) is -0.961. The smallest absolute Gasteiger partial charge is 1.00 e. The van der Waals surface area contributed by atoms with Crippen molar-refractivity contribution in [1.82, 2.24) is 0 Å². The molecule has 0 spiro atoms. The Labute approximate surface area is 131 Å². The van der Waals surface area contributed by atoms with Gasteiger partial charge in [-0.25, -0.2) is 0 Å². The van der Waals surface area contributed by atoms with Gasteiger partial charge < -0.3 is 1.43 Å². The van der Waals surface area contributed by atoms with Crippen molar-refractivity contribution < 1.29 is 44.0 Å². The molecule has 0 bridgehead atoms. The van der Waals surface area contributed by atoms with E-state index in [-0.39, 0.29) is 31.0 Å². The largest absolute Gasteiger partial charge is 1.00 e. The third-order valence-electron chi connectivity index (χ3n) is 2.21. The fourth-order valence-electron chi connectivity index (χ4n) is 1.54. The van der Waals surface area contributed by atoms with Crippen LogP contribution in [0.15, 0.2) is 60.7 Å². The molecule has 0 aromatic heterocycles.